The highest BCUT2D eigenvalue weighted by Crippen LogP contribution is 2.33. The molecule has 3 aromatic carbocycles. The number of carbonyl (C=O) groups is 1. The Morgan fingerprint density at radius 2 is 1.36 bits per heavy atom. The summed E-state index contributed by atoms with van der Waals surface area (Å²) >= 11 is 0. The third-order valence-corrected chi connectivity index (χ3v) is 4.47. The van der Waals surface area contributed by atoms with Crippen LogP contribution in [0.25, 0.3) is 0 Å². The molecule has 28 heavy (non-hydrogen) atoms. The van der Waals surface area contributed by atoms with Gasteiger partial charge in [-0.2, -0.15) is 0 Å². The van der Waals surface area contributed by atoms with E-state index in [9.17, 15) is 4.79 Å². The molecule has 0 aromatic heterocycles. The minimum absolute atomic E-state index is 0.165. The zero-order valence-corrected chi connectivity index (χ0v) is 16.6. The van der Waals surface area contributed by atoms with E-state index >= 15 is 0 Å². The van der Waals surface area contributed by atoms with E-state index in [1.807, 2.05) is 72.8 Å². The molecule has 0 saturated carbocycles. The Kier molecular flexibility index (Phi) is 6.15. The van der Waals surface area contributed by atoms with Gasteiger partial charge >= 0.3 is 5.97 Å². The normalized spacial score (nSPS) is 11.1. The molecule has 0 aliphatic rings. The number of hydrogen-bond donors (Lipinski definition) is 0. The quantitative estimate of drug-likeness (QED) is 0.502. The number of ether oxygens (including phenoxy) is 2. The van der Waals surface area contributed by atoms with Crippen molar-refractivity contribution < 1.29 is 14.3 Å². The third-order valence-electron chi connectivity index (χ3n) is 4.47. The Bertz CT molecular complexity index is 910. The predicted octanol–water partition coefficient (Wildman–Crippen LogP) is 5.92. The fraction of sp³-hybridized carbons (Fsp3) is 0.240. The van der Waals surface area contributed by atoms with Gasteiger partial charge in [0.2, 0.25) is 0 Å². The van der Waals surface area contributed by atoms with Crippen LogP contribution < -0.4 is 4.74 Å². The van der Waals surface area contributed by atoms with Crippen LogP contribution in [0.1, 0.15) is 47.8 Å². The van der Waals surface area contributed by atoms with Crippen molar-refractivity contribution in [3.05, 3.63) is 101 Å². The summed E-state index contributed by atoms with van der Waals surface area (Å²) in [5.74, 6) is 0.458. The van der Waals surface area contributed by atoms with Gasteiger partial charge in [-0.1, -0.05) is 81.4 Å². The molecule has 0 N–H and O–H groups in total. The van der Waals surface area contributed by atoms with Crippen molar-refractivity contribution in [3.8, 4) is 5.75 Å². The first-order valence-corrected chi connectivity index (χ1v) is 9.46. The number of esters is 1. The Labute approximate surface area is 166 Å². The van der Waals surface area contributed by atoms with Crippen molar-refractivity contribution in [2.75, 3.05) is 0 Å². The number of carbonyl (C=O) groups excluding carboxylic acids is 1. The van der Waals surface area contributed by atoms with Gasteiger partial charge in [0, 0.05) is 5.56 Å². The minimum atomic E-state index is -0.330. The Morgan fingerprint density at radius 1 is 0.786 bits per heavy atom. The number of benzene rings is 3. The molecule has 0 saturated heterocycles. The van der Waals surface area contributed by atoms with Crippen molar-refractivity contribution in [2.24, 2.45) is 0 Å². The zero-order chi connectivity index (χ0) is 20.0. The number of hydrogen-bond acceptors (Lipinski definition) is 3. The molecule has 3 aromatic rings. The molecule has 0 radical (unpaired) electrons. The summed E-state index contributed by atoms with van der Waals surface area (Å²) in [5.41, 5.74) is 3.43. The summed E-state index contributed by atoms with van der Waals surface area (Å²) in [4.78, 5) is 12.5. The summed E-state index contributed by atoms with van der Waals surface area (Å²) in [6.45, 7) is 7.07. The molecule has 0 heterocycles. The van der Waals surface area contributed by atoms with Crippen LogP contribution >= 0.6 is 0 Å². The van der Waals surface area contributed by atoms with Crippen LogP contribution in [0.15, 0.2) is 78.9 Å². The van der Waals surface area contributed by atoms with Crippen LogP contribution in [0, 0.1) is 0 Å². The highest BCUT2D eigenvalue weighted by atomic mass is 16.5. The summed E-state index contributed by atoms with van der Waals surface area (Å²) in [6.07, 6.45) is 0. The third kappa shape index (κ3) is 5.23. The second kappa shape index (κ2) is 8.75. The molecule has 3 rings (SSSR count). The van der Waals surface area contributed by atoms with E-state index in [1.165, 1.54) is 0 Å². The lowest BCUT2D eigenvalue weighted by molar-refractivity contribution is 0.0472. The van der Waals surface area contributed by atoms with Crippen molar-refractivity contribution in [1.29, 1.82) is 0 Å². The van der Waals surface area contributed by atoms with Gasteiger partial charge in [-0.3, -0.25) is 0 Å². The predicted molar refractivity (Wildman–Crippen MR) is 111 cm³/mol. The van der Waals surface area contributed by atoms with Crippen molar-refractivity contribution in [1.82, 2.24) is 0 Å². The van der Waals surface area contributed by atoms with Gasteiger partial charge in [-0.25, -0.2) is 4.79 Å². The SMILES string of the molecule is CC(C)(C)c1cc(C(=O)OCc2ccccc2)ccc1OCc1ccccc1. The molecule has 144 valence electrons. The fourth-order valence-corrected chi connectivity index (χ4v) is 2.91. The zero-order valence-electron chi connectivity index (χ0n) is 16.6. The van der Waals surface area contributed by atoms with Crippen LogP contribution in [-0.4, -0.2) is 5.97 Å². The van der Waals surface area contributed by atoms with Gasteiger partial charge in [0.15, 0.2) is 0 Å². The average molecular weight is 374 g/mol. The van der Waals surface area contributed by atoms with E-state index in [0.29, 0.717) is 12.2 Å². The van der Waals surface area contributed by atoms with E-state index in [1.54, 1.807) is 6.07 Å². The smallest absolute Gasteiger partial charge is 0.338 e. The second-order valence-corrected chi connectivity index (χ2v) is 7.80. The van der Waals surface area contributed by atoms with Crippen LogP contribution in [0.5, 0.6) is 5.75 Å². The number of rotatable bonds is 6. The molecule has 0 atom stereocenters. The molecule has 0 bridgehead atoms. The fourth-order valence-electron chi connectivity index (χ4n) is 2.91. The summed E-state index contributed by atoms with van der Waals surface area (Å²) in [7, 11) is 0. The molecular formula is C25H26O3. The largest absolute Gasteiger partial charge is 0.489 e. The van der Waals surface area contributed by atoms with Crippen LogP contribution in [0.3, 0.4) is 0 Å². The maximum Gasteiger partial charge on any atom is 0.338 e. The lowest BCUT2D eigenvalue weighted by Crippen LogP contribution is -2.15. The Morgan fingerprint density at radius 3 is 1.93 bits per heavy atom. The Hall–Kier alpha value is -3.07. The first-order chi connectivity index (χ1) is 13.4. The molecule has 0 unspecified atom stereocenters. The molecule has 0 fully saturated rings. The maximum atomic E-state index is 12.5. The van der Waals surface area contributed by atoms with Crippen LogP contribution in [0.4, 0.5) is 0 Å². The molecular weight excluding hydrogens is 348 g/mol. The van der Waals surface area contributed by atoms with E-state index < -0.39 is 0 Å². The first kappa shape index (κ1) is 19.7. The van der Waals surface area contributed by atoms with Crippen LogP contribution in [0.2, 0.25) is 0 Å². The molecule has 0 spiro atoms. The lowest BCUT2D eigenvalue weighted by Gasteiger charge is -2.23. The summed E-state index contributed by atoms with van der Waals surface area (Å²) < 4.78 is 11.5. The highest BCUT2D eigenvalue weighted by molar-refractivity contribution is 5.90. The lowest BCUT2D eigenvalue weighted by atomic mass is 9.85. The molecule has 3 heteroatoms. The van der Waals surface area contributed by atoms with E-state index in [4.69, 9.17) is 9.47 Å². The van der Waals surface area contributed by atoms with E-state index in [0.717, 1.165) is 22.4 Å². The first-order valence-electron chi connectivity index (χ1n) is 9.46. The van der Waals surface area contributed by atoms with Gasteiger partial charge in [0.1, 0.15) is 19.0 Å². The summed E-state index contributed by atoms with van der Waals surface area (Å²) in [5, 5.41) is 0. The molecule has 0 aliphatic heterocycles. The van der Waals surface area contributed by atoms with Gasteiger partial charge in [-0.15, -0.1) is 0 Å². The van der Waals surface area contributed by atoms with Gasteiger partial charge in [0.25, 0.3) is 0 Å². The van der Waals surface area contributed by atoms with Gasteiger partial charge in [0.05, 0.1) is 5.56 Å². The second-order valence-electron chi connectivity index (χ2n) is 7.80. The Balaban J connectivity index is 1.75. The van der Waals surface area contributed by atoms with E-state index in [2.05, 4.69) is 20.8 Å². The average Bonchev–Trinajstić information content (AvgIpc) is 2.71. The minimum Gasteiger partial charge on any atom is -0.489 e. The standard InChI is InChI=1S/C25H26O3/c1-25(2,3)22-16-21(24(26)28-18-20-12-8-5-9-13-20)14-15-23(22)27-17-19-10-6-4-7-11-19/h4-16H,17-18H2,1-3H3. The van der Waals surface area contributed by atoms with Crippen molar-refractivity contribution in [3.63, 3.8) is 0 Å². The topological polar surface area (TPSA) is 35.5 Å². The highest BCUT2D eigenvalue weighted by Gasteiger charge is 2.22. The molecule has 3 nitrogen and oxygen atoms in total. The summed E-state index contributed by atoms with van der Waals surface area (Å²) in [6, 6.07) is 25.2. The maximum absolute atomic E-state index is 12.5. The van der Waals surface area contributed by atoms with E-state index in [-0.39, 0.29) is 18.0 Å². The molecule has 0 aliphatic carbocycles. The molecule has 0 amide bonds. The van der Waals surface area contributed by atoms with Gasteiger partial charge in [-0.05, 0) is 34.7 Å². The van der Waals surface area contributed by atoms with Crippen LogP contribution in [-0.2, 0) is 23.4 Å². The monoisotopic (exact) mass is 374 g/mol. The van der Waals surface area contributed by atoms with Gasteiger partial charge < -0.3 is 9.47 Å². The van der Waals surface area contributed by atoms with Crippen molar-refractivity contribution >= 4 is 5.97 Å². The van der Waals surface area contributed by atoms with Crippen molar-refractivity contribution in [2.45, 2.75) is 39.4 Å².